The van der Waals surface area contributed by atoms with E-state index in [1.54, 1.807) is 6.92 Å². The van der Waals surface area contributed by atoms with E-state index in [0.717, 1.165) is 25.7 Å². The van der Waals surface area contributed by atoms with Crippen molar-refractivity contribution in [3.63, 3.8) is 0 Å². The monoisotopic (exact) mass is 355 g/mol. The number of hydrogen-bond acceptors (Lipinski definition) is 2. The highest BCUT2D eigenvalue weighted by atomic mass is 16.4. The zero-order valence-electron chi connectivity index (χ0n) is 16.7. The van der Waals surface area contributed by atoms with Gasteiger partial charge < -0.3 is 10.4 Å². The highest BCUT2D eigenvalue weighted by Crippen LogP contribution is 2.12. The molecule has 25 heavy (non-hydrogen) atoms. The second kappa shape index (κ2) is 17.8. The lowest BCUT2D eigenvalue weighted by molar-refractivity contribution is -0.141. The van der Waals surface area contributed by atoms with Gasteiger partial charge in [0.05, 0.1) is 5.92 Å². The predicted molar refractivity (Wildman–Crippen MR) is 105 cm³/mol. The number of nitrogens with one attached hydrogen (secondary N) is 1. The molecule has 4 heteroatoms. The molecule has 0 heterocycles. The fraction of sp³-hybridized carbons (Fsp3) is 0.905. The summed E-state index contributed by atoms with van der Waals surface area (Å²) in [5, 5.41) is 11.7. The van der Waals surface area contributed by atoms with E-state index in [0.29, 0.717) is 19.4 Å². The van der Waals surface area contributed by atoms with E-state index in [1.165, 1.54) is 57.8 Å². The van der Waals surface area contributed by atoms with Crippen molar-refractivity contribution in [2.45, 2.75) is 110 Å². The molecule has 0 aromatic rings. The molecule has 2 N–H and O–H groups in total. The van der Waals surface area contributed by atoms with E-state index in [-0.39, 0.29) is 11.8 Å². The van der Waals surface area contributed by atoms with Crippen molar-refractivity contribution in [2.75, 3.05) is 6.54 Å². The van der Waals surface area contributed by atoms with Crippen LogP contribution >= 0.6 is 0 Å². The summed E-state index contributed by atoms with van der Waals surface area (Å²) in [6.07, 6.45) is 17.3. The first-order valence-corrected chi connectivity index (χ1v) is 10.6. The maximum atomic E-state index is 11.7. The zero-order chi connectivity index (χ0) is 18.8. The predicted octanol–water partition coefficient (Wildman–Crippen LogP) is 5.69. The van der Waals surface area contributed by atoms with Gasteiger partial charge >= 0.3 is 5.97 Å². The van der Waals surface area contributed by atoms with Gasteiger partial charge in [-0.3, -0.25) is 9.59 Å². The van der Waals surface area contributed by atoms with E-state index in [4.69, 9.17) is 5.11 Å². The Morgan fingerprint density at radius 3 is 1.84 bits per heavy atom. The van der Waals surface area contributed by atoms with Gasteiger partial charge in [-0.15, -0.1) is 0 Å². The van der Waals surface area contributed by atoms with Crippen LogP contribution in [0.5, 0.6) is 0 Å². The van der Waals surface area contributed by atoms with Crippen LogP contribution < -0.4 is 5.32 Å². The molecule has 0 aliphatic rings. The standard InChI is InChI=1S/C21H41NO3/c1-3-4-5-6-7-8-9-10-11-12-13-17-20(23)22-18-15-14-16-19(2)21(24)25/h19H,3-18H2,1-2H3,(H,22,23)(H,24,25)/t19-/m0/s1. The van der Waals surface area contributed by atoms with Gasteiger partial charge in [0, 0.05) is 13.0 Å². The van der Waals surface area contributed by atoms with Crippen molar-refractivity contribution in [1.29, 1.82) is 0 Å². The Balaban J connectivity index is 3.24. The van der Waals surface area contributed by atoms with Crippen LogP contribution in [0.4, 0.5) is 0 Å². The molecule has 0 bridgehead atoms. The van der Waals surface area contributed by atoms with Crippen molar-refractivity contribution in [1.82, 2.24) is 5.32 Å². The van der Waals surface area contributed by atoms with E-state index in [1.807, 2.05) is 0 Å². The average Bonchev–Trinajstić information content (AvgIpc) is 2.59. The topological polar surface area (TPSA) is 66.4 Å². The number of carboxylic acids is 1. The Bertz CT molecular complexity index is 331. The first-order chi connectivity index (χ1) is 12.1. The molecule has 0 saturated heterocycles. The lowest BCUT2D eigenvalue weighted by Gasteiger charge is -2.07. The van der Waals surface area contributed by atoms with Crippen LogP contribution in [0.15, 0.2) is 0 Å². The van der Waals surface area contributed by atoms with Crippen molar-refractivity contribution in [3.05, 3.63) is 0 Å². The van der Waals surface area contributed by atoms with Crippen LogP contribution in [0.3, 0.4) is 0 Å². The Labute approximate surface area is 155 Å². The van der Waals surface area contributed by atoms with Crippen LogP contribution in [0.2, 0.25) is 0 Å². The molecule has 0 unspecified atom stereocenters. The minimum Gasteiger partial charge on any atom is -0.481 e. The van der Waals surface area contributed by atoms with Crippen LogP contribution in [0.25, 0.3) is 0 Å². The summed E-state index contributed by atoms with van der Waals surface area (Å²) in [5.41, 5.74) is 0. The summed E-state index contributed by atoms with van der Waals surface area (Å²) in [6, 6.07) is 0. The fourth-order valence-corrected chi connectivity index (χ4v) is 2.96. The molecule has 0 fully saturated rings. The minimum atomic E-state index is -0.736. The number of aliphatic carboxylic acids is 1. The van der Waals surface area contributed by atoms with Gasteiger partial charge in [-0.05, 0) is 19.3 Å². The number of carboxylic acid groups (broad SMARTS) is 1. The first-order valence-electron chi connectivity index (χ1n) is 10.6. The molecule has 1 amide bonds. The van der Waals surface area contributed by atoms with E-state index in [2.05, 4.69) is 12.2 Å². The molecule has 1 atom stereocenters. The summed E-state index contributed by atoms with van der Waals surface area (Å²) < 4.78 is 0. The number of rotatable bonds is 18. The summed E-state index contributed by atoms with van der Waals surface area (Å²) in [7, 11) is 0. The van der Waals surface area contributed by atoms with Gasteiger partial charge in [0.15, 0.2) is 0 Å². The van der Waals surface area contributed by atoms with E-state index >= 15 is 0 Å². The van der Waals surface area contributed by atoms with Gasteiger partial charge in [-0.25, -0.2) is 0 Å². The summed E-state index contributed by atoms with van der Waals surface area (Å²) in [4.78, 5) is 22.4. The minimum absolute atomic E-state index is 0.141. The highest BCUT2D eigenvalue weighted by Gasteiger charge is 2.09. The van der Waals surface area contributed by atoms with Crippen LogP contribution in [-0.4, -0.2) is 23.5 Å². The molecule has 148 valence electrons. The van der Waals surface area contributed by atoms with Gasteiger partial charge in [0.25, 0.3) is 0 Å². The molecular weight excluding hydrogens is 314 g/mol. The van der Waals surface area contributed by atoms with Crippen molar-refractivity contribution in [3.8, 4) is 0 Å². The van der Waals surface area contributed by atoms with Crippen LogP contribution in [0.1, 0.15) is 110 Å². The molecule has 4 nitrogen and oxygen atoms in total. The number of unbranched alkanes of at least 4 members (excludes halogenated alkanes) is 11. The van der Waals surface area contributed by atoms with Gasteiger partial charge in [-0.1, -0.05) is 84.5 Å². The van der Waals surface area contributed by atoms with Gasteiger partial charge in [-0.2, -0.15) is 0 Å². The van der Waals surface area contributed by atoms with Gasteiger partial charge in [0.2, 0.25) is 5.91 Å². The third kappa shape index (κ3) is 17.6. The molecule has 0 aromatic heterocycles. The number of carbonyl (C=O) groups excluding carboxylic acids is 1. The summed E-state index contributed by atoms with van der Waals surface area (Å²) in [5.74, 6) is -0.880. The second-order valence-electron chi connectivity index (χ2n) is 7.37. The molecule has 0 rings (SSSR count). The quantitative estimate of drug-likeness (QED) is 0.310. The fourth-order valence-electron chi connectivity index (χ4n) is 2.96. The second-order valence-corrected chi connectivity index (χ2v) is 7.37. The lowest BCUT2D eigenvalue weighted by Crippen LogP contribution is -2.24. The first kappa shape index (κ1) is 23.9. The smallest absolute Gasteiger partial charge is 0.306 e. The Hall–Kier alpha value is -1.06. The van der Waals surface area contributed by atoms with Crippen molar-refractivity contribution >= 4 is 11.9 Å². The Morgan fingerprint density at radius 1 is 0.800 bits per heavy atom. The number of carbonyl (C=O) groups is 2. The van der Waals surface area contributed by atoms with Crippen molar-refractivity contribution < 1.29 is 14.7 Å². The largest absolute Gasteiger partial charge is 0.481 e. The maximum Gasteiger partial charge on any atom is 0.306 e. The Morgan fingerprint density at radius 2 is 1.32 bits per heavy atom. The van der Waals surface area contributed by atoms with E-state index < -0.39 is 5.97 Å². The third-order valence-electron chi connectivity index (χ3n) is 4.82. The SMILES string of the molecule is CCCCCCCCCCCCCC(=O)NCCCC[C@H](C)C(=O)O. The molecule has 0 aliphatic carbocycles. The molecule has 0 radical (unpaired) electrons. The Kier molecular flexibility index (Phi) is 17.0. The molecular formula is C21H41NO3. The highest BCUT2D eigenvalue weighted by molar-refractivity contribution is 5.75. The van der Waals surface area contributed by atoms with Crippen LogP contribution in [-0.2, 0) is 9.59 Å². The third-order valence-corrected chi connectivity index (χ3v) is 4.82. The van der Waals surface area contributed by atoms with E-state index in [9.17, 15) is 9.59 Å². The van der Waals surface area contributed by atoms with Crippen LogP contribution in [0, 0.1) is 5.92 Å². The van der Waals surface area contributed by atoms with Gasteiger partial charge in [0.1, 0.15) is 0 Å². The average molecular weight is 356 g/mol. The molecule has 0 aliphatic heterocycles. The number of amides is 1. The molecule has 0 aromatic carbocycles. The summed E-state index contributed by atoms with van der Waals surface area (Å²) >= 11 is 0. The lowest BCUT2D eigenvalue weighted by atomic mass is 10.0. The maximum absolute atomic E-state index is 11.7. The zero-order valence-corrected chi connectivity index (χ0v) is 16.7. The normalized spacial score (nSPS) is 12.1. The number of hydrogen-bond donors (Lipinski definition) is 2. The molecule has 0 spiro atoms. The molecule has 0 saturated carbocycles. The van der Waals surface area contributed by atoms with Crippen molar-refractivity contribution in [2.24, 2.45) is 5.92 Å². The summed E-state index contributed by atoms with van der Waals surface area (Å²) in [6.45, 7) is 4.65.